The van der Waals surface area contributed by atoms with Crippen molar-refractivity contribution in [2.24, 2.45) is 0 Å². The summed E-state index contributed by atoms with van der Waals surface area (Å²) in [6.07, 6.45) is 7.63. The van der Waals surface area contributed by atoms with Gasteiger partial charge in [0.15, 0.2) is 0 Å². The number of hydrogen-bond donors (Lipinski definition) is 0. The van der Waals surface area contributed by atoms with Crippen LogP contribution >= 0.6 is 11.6 Å². The third kappa shape index (κ3) is 2.17. The molecule has 3 nitrogen and oxygen atoms in total. The van der Waals surface area contributed by atoms with E-state index in [-0.39, 0.29) is 0 Å². The van der Waals surface area contributed by atoms with Crippen molar-refractivity contribution < 1.29 is 0 Å². The normalized spacial score (nSPS) is 34.7. The Morgan fingerprint density at radius 3 is 2.37 bits per heavy atom. The minimum atomic E-state index is 0.518. The van der Waals surface area contributed by atoms with Gasteiger partial charge in [0, 0.05) is 29.6 Å². The number of hydrogen-bond acceptors (Lipinski definition) is 3. The van der Waals surface area contributed by atoms with E-state index >= 15 is 0 Å². The van der Waals surface area contributed by atoms with Gasteiger partial charge in [0.1, 0.15) is 11.0 Å². The lowest BCUT2D eigenvalue weighted by Crippen LogP contribution is -2.39. The molecule has 2 aliphatic heterocycles. The summed E-state index contributed by atoms with van der Waals surface area (Å²) in [6.45, 7) is 0. The van der Waals surface area contributed by atoms with E-state index in [9.17, 15) is 0 Å². The molecular weight excluding hydrogens is 258 g/mol. The van der Waals surface area contributed by atoms with Gasteiger partial charge < -0.3 is 4.90 Å². The van der Waals surface area contributed by atoms with Gasteiger partial charge in [0.05, 0.1) is 0 Å². The summed E-state index contributed by atoms with van der Waals surface area (Å²) >= 11 is 6.20. The van der Waals surface area contributed by atoms with Gasteiger partial charge in [0.25, 0.3) is 0 Å². The molecule has 1 aromatic heterocycles. The largest absolute Gasteiger partial charge is 0.300 e. The second-order valence-electron chi connectivity index (χ2n) is 6.47. The van der Waals surface area contributed by atoms with Gasteiger partial charge in [-0.3, -0.25) is 0 Å². The fraction of sp³-hybridized carbons (Fsp3) is 0.733. The first kappa shape index (κ1) is 12.1. The summed E-state index contributed by atoms with van der Waals surface area (Å²) in [7, 11) is 2.27. The Hall–Kier alpha value is -0.670. The Morgan fingerprint density at radius 2 is 1.74 bits per heavy atom. The predicted molar refractivity (Wildman–Crippen MR) is 75.6 cm³/mol. The lowest BCUT2D eigenvalue weighted by molar-refractivity contribution is 0.159. The molecule has 0 amide bonds. The number of fused-ring (bicyclic) bond motifs is 2. The fourth-order valence-electron chi connectivity index (χ4n) is 3.85. The molecule has 2 unspecified atom stereocenters. The van der Waals surface area contributed by atoms with Gasteiger partial charge >= 0.3 is 0 Å². The topological polar surface area (TPSA) is 29.0 Å². The van der Waals surface area contributed by atoms with Gasteiger partial charge in [-0.2, -0.15) is 0 Å². The van der Waals surface area contributed by atoms with Crippen LogP contribution < -0.4 is 0 Å². The third-order valence-electron chi connectivity index (χ3n) is 5.19. The van der Waals surface area contributed by atoms with E-state index in [1.807, 2.05) is 6.07 Å². The van der Waals surface area contributed by atoms with Crippen LogP contribution in [0, 0.1) is 0 Å². The molecule has 2 bridgehead atoms. The molecule has 1 aromatic rings. The number of nitrogens with zero attached hydrogens (tertiary/aromatic N) is 3. The highest BCUT2D eigenvalue weighted by atomic mass is 35.5. The molecular formula is C15H20ClN3. The first-order valence-electron chi connectivity index (χ1n) is 7.47. The summed E-state index contributed by atoms with van der Waals surface area (Å²) < 4.78 is 0. The smallest absolute Gasteiger partial charge is 0.133 e. The van der Waals surface area contributed by atoms with E-state index in [2.05, 4.69) is 16.9 Å². The van der Waals surface area contributed by atoms with Crippen LogP contribution in [0.4, 0.5) is 0 Å². The van der Waals surface area contributed by atoms with Crippen molar-refractivity contribution in [3.05, 3.63) is 22.7 Å². The lowest BCUT2D eigenvalue weighted by Gasteiger charge is -2.35. The second kappa shape index (κ2) is 4.42. The lowest BCUT2D eigenvalue weighted by atomic mass is 9.90. The van der Waals surface area contributed by atoms with Crippen molar-refractivity contribution in [1.82, 2.24) is 14.9 Å². The summed E-state index contributed by atoms with van der Waals surface area (Å²) in [4.78, 5) is 11.9. The van der Waals surface area contributed by atoms with Crippen molar-refractivity contribution in [1.29, 1.82) is 0 Å². The monoisotopic (exact) mass is 277 g/mol. The van der Waals surface area contributed by atoms with Gasteiger partial charge in [-0.15, -0.1) is 0 Å². The van der Waals surface area contributed by atoms with Crippen molar-refractivity contribution in [3.8, 4) is 0 Å². The molecule has 19 heavy (non-hydrogen) atoms. The van der Waals surface area contributed by atoms with Crippen molar-refractivity contribution in [2.75, 3.05) is 7.05 Å². The van der Waals surface area contributed by atoms with Crippen LogP contribution in [-0.2, 0) is 0 Å². The average molecular weight is 278 g/mol. The van der Waals surface area contributed by atoms with E-state index in [4.69, 9.17) is 16.6 Å². The van der Waals surface area contributed by atoms with E-state index in [0.29, 0.717) is 17.0 Å². The van der Waals surface area contributed by atoms with Crippen LogP contribution in [0.25, 0.3) is 0 Å². The highest BCUT2D eigenvalue weighted by Crippen LogP contribution is 2.43. The number of rotatable bonds is 2. The van der Waals surface area contributed by atoms with Gasteiger partial charge in [-0.05, 0) is 51.6 Å². The maximum atomic E-state index is 6.20. The van der Waals surface area contributed by atoms with E-state index in [1.165, 1.54) is 44.2 Å². The highest BCUT2D eigenvalue weighted by molar-refractivity contribution is 6.29. The molecule has 2 saturated heterocycles. The molecule has 102 valence electrons. The number of halogens is 1. The Labute approximate surface area is 119 Å². The summed E-state index contributed by atoms with van der Waals surface area (Å²) in [5.74, 6) is 2.19. The number of aromatic nitrogens is 2. The van der Waals surface area contributed by atoms with E-state index in [1.54, 1.807) is 0 Å². The Morgan fingerprint density at radius 1 is 1.05 bits per heavy atom. The predicted octanol–water partition coefficient (Wildman–Crippen LogP) is 3.35. The average Bonchev–Trinajstić information content (AvgIpc) is 3.21. The Bertz CT molecular complexity index is 486. The Kier molecular flexibility index (Phi) is 2.82. The molecule has 3 heterocycles. The fourth-order valence-corrected chi connectivity index (χ4v) is 4.04. The molecule has 4 rings (SSSR count). The molecule has 3 aliphatic rings. The van der Waals surface area contributed by atoms with Crippen LogP contribution in [0.3, 0.4) is 0 Å². The van der Waals surface area contributed by atoms with Crippen LogP contribution in [0.1, 0.15) is 61.9 Å². The molecule has 2 atom stereocenters. The van der Waals surface area contributed by atoms with Crippen molar-refractivity contribution in [2.45, 2.75) is 62.4 Å². The Balaban J connectivity index is 1.62. The first-order chi connectivity index (χ1) is 9.20. The molecule has 0 spiro atoms. The maximum Gasteiger partial charge on any atom is 0.133 e. The third-order valence-corrected chi connectivity index (χ3v) is 5.38. The van der Waals surface area contributed by atoms with Crippen LogP contribution in [0.15, 0.2) is 6.07 Å². The van der Waals surface area contributed by atoms with Crippen LogP contribution in [0.2, 0.25) is 5.15 Å². The molecule has 1 aliphatic carbocycles. The summed E-state index contributed by atoms with van der Waals surface area (Å²) in [5, 5.41) is 0.637. The maximum absolute atomic E-state index is 6.20. The first-order valence-corrected chi connectivity index (χ1v) is 7.85. The van der Waals surface area contributed by atoms with E-state index < -0.39 is 0 Å². The van der Waals surface area contributed by atoms with Crippen LogP contribution in [-0.4, -0.2) is 34.0 Å². The molecule has 0 aromatic carbocycles. The van der Waals surface area contributed by atoms with Gasteiger partial charge in [0.2, 0.25) is 0 Å². The van der Waals surface area contributed by atoms with Crippen molar-refractivity contribution in [3.63, 3.8) is 0 Å². The standard InChI is InChI=1S/C15H20ClN3/c1-19-11-4-5-12(19)7-10(6-11)15-17-13(9-2-3-9)8-14(16)18-15/h8-12H,2-7H2,1H3. The molecule has 0 radical (unpaired) electrons. The number of piperidine rings is 1. The molecule has 0 N–H and O–H groups in total. The second-order valence-corrected chi connectivity index (χ2v) is 6.85. The zero-order valence-electron chi connectivity index (χ0n) is 11.3. The SMILES string of the molecule is CN1C2CCC1CC(c1nc(Cl)cc(C3CC3)n1)C2. The van der Waals surface area contributed by atoms with Gasteiger partial charge in [-0.25, -0.2) is 9.97 Å². The van der Waals surface area contributed by atoms with E-state index in [0.717, 1.165) is 17.9 Å². The zero-order chi connectivity index (χ0) is 13.0. The van der Waals surface area contributed by atoms with Gasteiger partial charge in [-0.1, -0.05) is 11.6 Å². The van der Waals surface area contributed by atoms with Crippen molar-refractivity contribution >= 4 is 11.6 Å². The highest BCUT2D eigenvalue weighted by Gasteiger charge is 2.40. The van der Waals surface area contributed by atoms with Crippen LogP contribution in [0.5, 0.6) is 0 Å². The minimum absolute atomic E-state index is 0.518. The minimum Gasteiger partial charge on any atom is -0.300 e. The summed E-state index contributed by atoms with van der Waals surface area (Å²) in [6, 6.07) is 3.43. The molecule has 4 heteroatoms. The molecule has 3 fully saturated rings. The zero-order valence-corrected chi connectivity index (χ0v) is 12.1. The molecule has 1 saturated carbocycles. The quantitative estimate of drug-likeness (QED) is 0.777. The summed E-state index contributed by atoms with van der Waals surface area (Å²) in [5.41, 5.74) is 1.18.